The first-order valence-electron chi connectivity index (χ1n) is 11.2. The van der Waals surface area contributed by atoms with Crippen LogP contribution in [0.25, 0.3) is 0 Å². The van der Waals surface area contributed by atoms with E-state index in [1.54, 1.807) is 0 Å². The van der Waals surface area contributed by atoms with Crippen molar-refractivity contribution < 1.29 is 29.0 Å². The van der Waals surface area contributed by atoms with E-state index < -0.39 is 33.5 Å². The number of nitrogens with zero attached hydrogens (tertiary/aromatic N) is 4. The van der Waals surface area contributed by atoms with Crippen molar-refractivity contribution in [2.45, 2.75) is 0 Å². The summed E-state index contributed by atoms with van der Waals surface area (Å²) in [5.41, 5.74) is 9.06. The molecule has 2 aromatic carbocycles. The van der Waals surface area contributed by atoms with E-state index in [9.17, 15) is 39.4 Å². The summed E-state index contributed by atoms with van der Waals surface area (Å²) in [7, 11) is 0. The summed E-state index contributed by atoms with van der Waals surface area (Å²) < 4.78 is 0. The number of non-ortho nitro benzene ring substituents is 2. The summed E-state index contributed by atoms with van der Waals surface area (Å²) in [6.45, 7) is 1.92. The lowest BCUT2D eigenvalue weighted by Gasteiger charge is -2.33. The number of nitro benzene ring substituents is 2. The van der Waals surface area contributed by atoms with E-state index in [1.807, 2.05) is 9.80 Å². The van der Waals surface area contributed by atoms with Gasteiger partial charge in [-0.15, -0.1) is 0 Å². The number of carbonyl (C=O) groups excluding carboxylic acids is 4. The Morgan fingerprint density at radius 2 is 0.921 bits per heavy atom. The SMILES string of the molecule is O=C(CN1CCN(CC(=O)NNC(=O)c2ccc([N+](=O)[O-])cc2)CC1)NNC(=O)c1ccc([N+](=O)[O-])cc1. The average molecular weight is 528 g/mol. The summed E-state index contributed by atoms with van der Waals surface area (Å²) >= 11 is 0. The third-order valence-corrected chi connectivity index (χ3v) is 5.51. The minimum Gasteiger partial charge on any atom is -0.292 e. The lowest BCUT2D eigenvalue weighted by atomic mass is 10.2. The molecule has 16 heteroatoms. The number of hydrogen-bond donors (Lipinski definition) is 4. The van der Waals surface area contributed by atoms with Gasteiger partial charge >= 0.3 is 0 Å². The van der Waals surface area contributed by atoms with Crippen LogP contribution in [0.1, 0.15) is 20.7 Å². The van der Waals surface area contributed by atoms with E-state index in [-0.39, 0.29) is 35.6 Å². The fourth-order valence-electron chi connectivity index (χ4n) is 3.46. The molecule has 0 aliphatic carbocycles. The Hall–Kier alpha value is -4.96. The second-order valence-electron chi connectivity index (χ2n) is 8.16. The molecule has 0 bridgehead atoms. The van der Waals surface area contributed by atoms with Crippen LogP contribution in [0.2, 0.25) is 0 Å². The largest absolute Gasteiger partial charge is 0.292 e. The molecule has 0 radical (unpaired) electrons. The number of carbonyl (C=O) groups is 4. The first-order valence-corrected chi connectivity index (χ1v) is 11.2. The van der Waals surface area contributed by atoms with Crippen LogP contribution in [0, 0.1) is 20.2 Å². The zero-order valence-corrected chi connectivity index (χ0v) is 19.9. The van der Waals surface area contributed by atoms with Crippen molar-refractivity contribution in [3.05, 3.63) is 79.9 Å². The third-order valence-electron chi connectivity index (χ3n) is 5.51. The van der Waals surface area contributed by atoms with E-state index in [1.165, 1.54) is 48.5 Å². The molecule has 0 saturated carbocycles. The number of hydrogen-bond acceptors (Lipinski definition) is 10. The highest BCUT2D eigenvalue weighted by molar-refractivity contribution is 5.96. The summed E-state index contributed by atoms with van der Waals surface area (Å²) in [6, 6.07) is 9.83. The van der Waals surface area contributed by atoms with Gasteiger partial charge < -0.3 is 0 Å². The van der Waals surface area contributed by atoms with E-state index in [4.69, 9.17) is 0 Å². The highest BCUT2D eigenvalue weighted by atomic mass is 16.6. The Balaban J connectivity index is 1.32. The molecule has 1 saturated heterocycles. The lowest BCUT2D eigenvalue weighted by Crippen LogP contribution is -2.54. The molecule has 4 amide bonds. The number of benzene rings is 2. The average Bonchev–Trinajstić information content (AvgIpc) is 2.91. The van der Waals surface area contributed by atoms with Crippen LogP contribution in [-0.4, -0.2) is 82.5 Å². The molecule has 0 aromatic heterocycles. The molecular weight excluding hydrogens is 504 g/mol. The van der Waals surface area contributed by atoms with Gasteiger partial charge in [-0.05, 0) is 24.3 Å². The molecule has 0 atom stereocenters. The van der Waals surface area contributed by atoms with Crippen molar-refractivity contribution in [3.8, 4) is 0 Å². The van der Waals surface area contributed by atoms with Crippen LogP contribution in [0.15, 0.2) is 48.5 Å². The van der Waals surface area contributed by atoms with Crippen molar-refractivity contribution in [1.82, 2.24) is 31.5 Å². The Bertz CT molecular complexity index is 1120. The first-order chi connectivity index (χ1) is 18.1. The van der Waals surface area contributed by atoms with Gasteiger partial charge in [-0.1, -0.05) is 0 Å². The lowest BCUT2D eigenvalue weighted by molar-refractivity contribution is -0.385. The molecule has 0 spiro atoms. The molecule has 200 valence electrons. The molecule has 3 rings (SSSR count). The van der Waals surface area contributed by atoms with Gasteiger partial charge in [0.2, 0.25) is 0 Å². The van der Waals surface area contributed by atoms with Gasteiger partial charge in [-0.2, -0.15) is 0 Å². The van der Waals surface area contributed by atoms with Crippen molar-refractivity contribution in [2.24, 2.45) is 0 Å². The maximum Gasteiger partial charge on any atom is 0.269 e. The summed E-state index contributed by atoms with van der Waals surface area (Å²) in [5.74, 6) is -2.16. The van der Waals surface area contributed by atoms with E-state index >= 15 is 0 Å². The normalized spacial score (nSPS) is 13.7. The standard InChI is InChI=1S/C22H24N8O8/c31-19(23-25-21(33)15-1-5-17(6-2-15)29(35)36)13-27-9-11-28(12-10-27)14-20(32)24-26-22(34)16-3-7-18(8-4-16)30(37)38/h1-8H,9-14H2,(H,23,31)(H,24,32)(H,25,33)(H,26,34). The molecule has 16 nitrogen and oxygen atoms in total. The number of amides is 4. The topological polar surface area (TPSA) is 209 Å². The van der Waals surface area contributed by atoms with Gasteiger partial charge in [0, 0.05) is 61.6 Å². The monoisotopic (exact) mass is 528 g/mol. The minimum atomic E-state index is -0.621. The number of nitro groups is 2. The molecule has 1 aliphatic heterocycles. The number of rotatable bonds is 8. The van der Waals surface area contributed by atoms with Gasteiger partial charge in [0.25, 0.3) is 35.0 Å². The smallest absolute Gasteiger partial charge is 0.269 e. The Labute approximate surface area is 215 Å². The molecule has 2 aromatic rings. The number of piperazine rings is 1. The Morgan fingerprint density at radius 1 is 0.605 bits per heavy atom. The maximum absolute atomic E-state index is 12.2. The minimum absolute atomic E-state index is 0.00583. The van der Waals surface area contributed by atoms with E-state index in [0.717, 1.165) is 0 Å². The maximum atomic E-state index is 12.2. The van der Waals surface area contributed by atoms with Gasteiger partial charge in [-0.3, -0.25) is 70.9 Å². The third kappa shape index (κ3) is 8.04. The van der Waals surface area contributed by atoms with Gasteiger partial charge in [0.1, 0.15) is 0 Å². The molecule has 1 aliphatic rings. The predicted molar refractivity (Wildman–Crippen MR) is 130 cm³/mol. The Kier molecular flexibility index (Phi) is 9.33. The Morgan fingerprint density at radius 3 is 1.21 bits per heavy atom. The van der Waals surface area contributed by atoms with Crippen LogP contribution in [-0.2, 0) is 9.59 Å². The highest BCUT2D eigenvalue weighted by Gasteiger charge is 2.21. The highest BCUT2D eigenvalue weighted by Crippen LogP contribution is 2.12. The first kappa shape index (κ1) is 27.6. The van der Waals surface area contributed by atoms with E-state index in [0.29, 0.717) is 26.2 Å². The quantitative estimate of drug-likeness (QED) is 0.251. The fraction of sp³-hybridized carbons (Fsp3) is 0.273. The van der Waals surface area contributed by atoms with Gasteiger partial charge in [0.15, 0.2) is 0 Å². The molecule has 1 heterocycles. The molecule has 38 heavy (non-hydrogen) atoms. The molecule has 1 fully saturated rings. The van der Waals surface area contributed by atoms with Crippen LogP contribution in [0.4, 0.5) is 11.4 Å². The van der Waals surface area contributed by atoms with Crippen LogP contribution < -0.4 is 21.7 Å². The second kappa shape index (κ2) is 12.8. The molecule has 0 unspecified atom stereocenters. The predicted octanol–water partition coefficient (Wildman–Crippen LogP) is -0.657. The van der Waals surface area contributed by atoms with Crippen LogP contribution in [0.5, 0.6) is 0 Å². The van der Waals surface area contributed by atoms with Crippen molar-refractivity contribution in [3.63, 3.8) is 0 Å². The van der Waals surface area contributed by atoms with E-state index in [2.05, 4.69) is 21.7 Å². The van der Waals surface area contributed by atoms with Gasteiger partial charge in [-0.25, -0.2) is 0 Å². The van der Waals surface area contributed by atoms with Crippen LogP contribution >= 0.6 is 0 Å². The summed E-state index contributed by atoms with van der Waals surface area (Å²) in [5, 5.41) is 21.4. The van der Waals surface area contributed by atoms with Crippen molar-refractivity contribution >= 4 is 35.0 Å². The summed E-state index contributed by atoms with van der Waals surface area (Å²) in [4.78, 5) is 72.3. The summed E-state index contributed by atoms with van der Waals surface area (Å²) in [6.07, 6.45) is 0. The van der Waals surface area contributed by atoms with Crippen molar-refractivity contribution in [1.29, 1.82) is 0 Å². The number of nitrogens with one attached hydrogen (secondary N) is 4. The zero-order valence-electron chi connectivity index (χ0n) is 19.9. The van der Waals surface area contributed by atoms with Crippen molar-refractivity contribution in [2.75, 3.05) is 39.3 Å². The zero-order chi connectivity index (χ0) is 27.7. The molecule has 4 N–H and O–H groups in total. The molecular formula is C22H24N8O8. The van der Waals surface area contributed by atoms with Crippen LogP contribution in [0.3, 0.4) is 0 Å². The fourth-order valence-corrected chi connectivity index (χ4v) is 3.46. The van der Waals surface area contributed by atoms with Gasteiger partial charge in [0.05, 0.1) is 22.9 Å². The number of hydrazine groups is 2. The second-order valence-corrected chi connectivity index (χ2v) is 8.16.